The highest BCUT2D eigenvalue weighted by Crippen LogP contribution is 2.25. The smallest absolute Gasteiger partial charge is 0.307 e. The molecule has 0 saturated heterocycles. The number of rotatable bonds is 4. The quantitative estimate of drug-likeness (QED) is 0.770. The minimum absolute atomic E-state index is 0.0573. The molecule has 1 N–H and O–H groups in total. The van der Waals surface area contributed by atoms with Crippen LogP contribution < -0.4 is 0 Å². The predicted molar refractivity (Wildman–Crippen MR) is 88.0 cm³/mol. The Bertz CT molecular complexity index is 795. The Labute approximate surface area is 136 Å². The summed E-state index contributed by atoms with van der Waals surface area (Å²) in [5, 5.41) is 13.7. The molecule has 0 fully saturated rings. The van der Waals surface area contributed by atoms with Crippen molar-refractivity contribution in [3.05, 3.63) is 70.8 Å². The number of carboxylic acids is 1. The fourth-order valence-electron chi connectivity index (χ4n) is 2.27. The first-order valence-electron chi connectivity index (χ1n) is 6.75. The van der Waals surface area contributed by atoms with E-state index >= 15 is 0 Å². The Morgan fingerprint density at radius 3 is 2.41 bits per heavy atom. The minimum Gasteiger partial charge on any atom is -0.481 e. The van der Waals surface area contributed by atoms with E-state index in [2.05, 4.69) is 21.0 Å². The first kappa shape index (κ1) is 14.5. The molecule has 0 aliphatic rings. The van der Waals surface area contributed by atoms with Crippen LogP contribution in [0.3, 0.4) is 0 Å². The lowest BCUT2D eigenvalue weighted by Crippen LogP contribution is -2.00. The Morgan fingerprint density at radius 2 is 1.77 bits per heavy atom. The number of aromatic nitrogens is 2. The summed E-state index contributed by atoms with van der Waals surface area (Å²) in [5.41, 5.74) is 3.18. The van der Waals surface area contributed by atoms with Gasteiger partial charge in [-0.3, -0.25) is 4.79 Å². The number of aliphatic carboxylic acids is 1. The molecule has 0 unspecified atom stereocenters. The molecular weight excluding hydrogens is 344 g/mol. The third-order valence-corrected chi connectivity index (χ3v) is 3.80. The van der Waals surface area contributed by atoms with Gasteiger partial charge in [-0.1, -0.05) is 46.3 Å². The third kappa shape index (κ3) is 3.09. The van der Waals surface area contributed by atoms with Gasteiger partial charge in [-0.25, -0.2) is 4.68 Å². The number of para-hydroxylation sites is 1. The van der Waals surface area contributed by atoms with E-state index in [-0.39, 0.29) is 6.42 Å². The molecule has 110 valence electrons. The Hall–Kier alpha value is -2.40. The minimum atomic E-state index is -0.869. The lowest BCUT2D eigenvalue weighted by Gasteiger charge is -2.01. The van der Waals surface area contributed by atoms with E-state index in [0.29, 0.717) is 11.3 Å². The number of nitrogens with zero attached hydrogens (tertiary/aromatic N) is 2. The first-order chi connectivity index (χ1) is 10.6. The van der Waals surface area contributed by atoms with E-state index in [1.165, 1.54) is 0 Å². The number of carboxylic acid groups (broad SMARTS) is 1. The summed E-state index contributed by atoms with van der Waals surface area (Å²) in [6.45, 7) is 0. The number of hydrogen-bond donors (Lipinski definition) is 1. The molecule has 0 atom stereocenters. The van der Waals surface area contributed by atoms with Gasteiger partial charge in [-0.2, -0.15) is 5.10 Å². The Balaban J connectivity index is 2.09. The predicted octanol–water partition coefficient (Wildman–Crippen LogP) is 3.93. The summed E-state index contributed by atoms with van der Waals surface area (Å²) in [5.74, 6) is -0.869. The van der Waals surface area contributed by atoms with Crippen LogP contribution in [-0.4, -0.2) is 20.9 Å². The highest BCUT2D eigenvalue weighted by molar-refractivity contribution is 9.10. The van der Waals surface area contributed by atoms with Gasteiger partial charge in [0.1, 0.15) is 0 Å². The monoisotopic (exact) mass is 356 g/mol. The van der Waals surface area contributed by atoms with E-state index in [0.717, 1.165) is 15.7 Å². The fraction of sp³-hybridized carbons (Fsp3) is 0.0588. The highest BCUT2D eigenvalue weighted by atomic mass is 79.9. The van der Waals surface area contributed by atoms with Crippen LogP contribution in [0.4, 0.5) is 0 Å². The maximum atomic E-state index is 11.1. The zero-order chi connectivity index (χ0) is 15.5. The fourth-order valence-corrected chi connectivity index (χ4v) is 2.53. The second-order valence-electron chi connectivity index (χ2n) is 4.86. The molecule has 0 spiro atoms. The van der Waals surface area contributed by atoms with Crippen LogP contribution in [-0.2, 0) is 11.2 Å². The highest BCUT2D eigenvalue weighted by Gasteiger charge is 2.14. The normalized spacial score (nSPS) is 10.6. The second-order valence-corrected chi connectivity index (χ2v) is 5.78. The van der Waals surface area contributed by atoms with Crippen molar-refractivity contribution in [1.82, 2.24) is 9.78 Å². The summed E-state index contributed by atoms with van der Waals surface area (Å²) in [6, 6.07) is 17.3. The van der Waals surface area contributed by atoms with Crippen molar-refractivity contribution in [2.24, 2.45) is 0 Å². The summed E-state index contributed by atoms with van der Waals surface area (Å²) < 4.78 is 2.69. The van der Waals surface area contributed by atoms with Crippen molar-refractivity contribution >= 4 is 21.9 Å². The molecule has 0 aliphatic heterocycles. The van der Waals surface area contributed by atoms with Crippen LogP contribution in [0.2, 0.25) is 0 Å². The number of hydrogen-bond acceptors (Lipinski definition) is 2. The van der Waals surface area contributed by atoms with E-state index in [1.807, 2.05) is 54.6 Å². The molecule has 5 heteroatoms. The van der Waals surface area contributed by atoms with Crippen molar-refractivity contribution < 1.29 is 9.90 Å². The molecule has 0 bridgehead atoms. The largest absolute Gasteiger partial charge is 0.481 e. The third-order valence-electron chi connectivity index (χ3n) is 3.27. The van der Waals surface area contributed by atoms with Crippen molar-refractivity contribution in [1.29, 1.82) is 0 Å². The van der Waals surface area contributed by atoms with Crippen molar-refractivity contribution in [2.75, 3.05) is 0 Å². The van der Waals surface area contributed by atoms with Crippen LogP contribution >= 0.6 is 15.9 Å². The Kier molecular flexibility index (Phi) is 4.06. The van der Waals surface area contributed by atoms with Gasteiger partial charge in [0.25, 0.3) is 0 Å². The van der Waals surface area contributed by atoms with Crippen LogP contribution in [0, 0.1) is 0 Å². The van der Waals surface area contributed by atoms with Crippen LogP contribution in [0.15, 0.2) is 65.3 Å². The summed E-state index contributed by atoms with van der Waals surface area (Å²) in [7, 11) is 0. The van der Waals surface area contributed by atoms with E-state index in [9.17, 15) is 4.79 Å². The van der Waals surface area contributed by atoms with Gasteiger partial charge in [0.05, 0.1) is 17.8 Å². The molecular formula is C17H13BrN2O2. The molecule has 3 rings (SSSR count). The van der Waals surface area contributed by atoms with Gasteiger partial charge >= 0.3 is 5.97 Å². The van der Waals surface area contributed by atoms with Crippen LogP contribution in [0.1, 0.15) is 5.56 Å². The van der Waals surface area contributed by atoms with Crippen molar-refractivity contribution in [3.8, 4) is 16.9 Å². The lowest BCUT2D eigenvalue weighted by molar-refractivity contribution is -0.136. The maximum absolute atomic E-state index is 11.1. The summed E-state index contributed by atoms with van der Waals surface area (Å²) >= 11 is 3.40. The SMILES string of the molecule is O=C(O)Cc1cn(-c2ccccc2)nc1-c1ccc(Br)cc1. The van der Waals surface area contributed by atoms with Gasteiger partial charge in [0.15, 0.2) is 0 Å². The van der Waals surface area contributed by atoms with Gasteiger partial charge in [-0.05, 0) is 24.3 Å². The molecule has 2 aromatic carbocycles. The van der Waals surface area contributed by atoms with Gasteiger partial charge in [-0.15, -0.1) is 0 Å². The second kappa shape index (κ2) is 6.15. The van der Waals surface area contributed by atoms with Crippen LogP contribution in [0.5, 0.6) is 0 Å². The topological polar surface area (TPSA) is 55.1 Å². The average molecular weight is 357 g/mol. The van der Waals surface area contributed by atoms with E-state index in [1.54, 1.807) is 10.9 Å². The molecule has 0 amide bonds. The molecule has 22 heavy (non-hydrogen) atoms. The van der Waals surface area contributed by atoms with Crippen molar-refractivity contribution in [2.45, 2.75) is 6.42 Å². The van der Waals surface area contributed by atoms with Gasteiger partial charge in [0, 0.05) is 21.8 Å². The zero-order valence-corrected chi connectivity index (χ0v) is 13.2. The van der Waals surface area contributed by atoms with Crippen LogP contribution in [0.25, 0.3) is 16.9 Å². The number of carbonyl (C=O) groups is 1. The molecule has 1 aromatic heterocycles. The van der Waals surface area contributed by atoms with Gasteiger partial charge < -0.3 is 5.11 Å². The summed E-state index contributed by atoms with van der Waals surface area (Å²) in [6.07, 6.45) is 1.72. The standard InChI is InChI=1S/C17H13BrN2O2/c18-14-8-6-12(7-9-14)17-13(10-16(21)22)11-20(19-17)15-4-2-1-3-5-15/h1-9,11H,10H2,(H,21,22). The molecule has 1 heterocycles. The summed E-state index contributed by atoms with van der Waals surface area (Å²) in [4.78, 5) is 11.1. The molecule has 0 aliphatic carbocycles. The average Bonchev–Trinajstić information content (AvgIpc) is 2.92. The number of halogens is 1. The van der Waals surface area contributed by atoms with E-state index in [4.69, 9.17) is 5.11 Å². The van der Waals surface area contributed by atoms with Gasteiger partial charge in [0.2, 0.25) is 0 Å². The maximum Gasteiger partial charge on any atom is 0.307 e. The molecule has 3 aromatic rings. The Morgan fingerprint density at radius 1 is 1.09 bits per heavy atom. The molecule has 4 nitrogen and oxygen atoms in total. The van der Waals surface area contributed by atoms with E-state index < -0.39 is 5.97 Å². The lowest BCUT2D eigenvalue weighted by atomic mass is 10.1. The number of benzene rings is 2. The first-order valence-corrected chi connectivity index (χ1v) is 7.54. The molecule has 0 radical (unpaired) electrons. The zero-order valence-electron chi connectivity index (χ0n) is 11.6. The van der Waals surface area contributed by atoms with Crippen molar-refractivity contribution in [3.63, 3.8) is 0 Å². The molecule has 0 saturated carbocycles.